The lowest BCUT2D eigenvalue weighted by Crippen LogP contribution is -2.05. The fourth-order valence-corrected chi connectivity index (χ4v) is 2.69. The average molecular weight is 342 g/mol. The molecule has 124 valence electrons. The lowest BCUT2D eigenvalue weighted by atomic mass is 9.99. The summed E-state index contributed by atoms with van der Waals surface area (Å²) in [6, 6.07) is 8.43. The Morgan fingerprint density at radius 2 is 1.61 bits per heavy atom. The molecule has 2 aromatic rings. The van der Waals surface area contributed by atoms with E-state index >= 15 is 0 Å². The minimum atomic E-state index is -4.98. The predicted molar refractivity (Wildman–Crippen MR) is 81.4 cm³/mol. The zero-order valence-electron chi connectivity index (χ0n) is 12.6. The summed E-state index contributed by atoms with van der Waals surface area (Å²) in [6.45, 7) is 4.14. The van der Waals surface area contributed by atoms with Gasteiger partial charge in [0.25, 0.3) is 10.1 Å². The molecule has 0 spiro atoms. The van der Waals surface area contributed by atoms with Crippen LogP contribution in [0.1, 0.15) is 31.7 Å². The van der Waals surface area contributed by atoms with E-state index in [9.17, 15) is 17.2 Å². The van der Waals surface area contributed by atoms with Gasteiger partial charge in [0.2, 0.25) is 0 Å². The van der Waals surface area contributed by atoms with Gasteiger partial charge >= 0.3 is 0 Å². The Bertz CT molecular complexity index is 778. The van der Waals surface area contributed by atoms with Crippen molar-refractivity contribution in [2.75, 3.05) is 0 Å². The van der Waals surface area contributed by atoms with Crippen molar-refractivity contribution in [2.45, 2.75) is 31.1 Å². The van der Waals surface area contributed by atoms with Crippen LogP contribution in [0.3, 0.4) is 0 Å². The molecule has 0 aromatic heterocycles. The Kier molecular flexibility index (Phi) is 5.01. The van der Waals surface area contributed by atoms with Crippen molar-refractivity contribution < 1.29 is 26.5 Å². The second-order valence-electron chi connectivity index (χ2n) is 5.17. The van der Waals surface area contributed by atoms with Crippen molar-refractivity contribution >= 4 is 10.1 Å². The summed E-state index contributed by atoms with van der Waals surface area (Å²) in [6.07, 6.45) is 0.980. The SMILES string of the molecule is CCC(C)c1ccc(Oc2cc(F)c(S(=O)(=O)O)c(F)c2)cc1. The maximum absolute atomic E-state index is 13.7. The maximum Gasteiger partial charge on any atom is 0.300 e. The van der Waals surface area contributed by atoms with Crippen LogP contribution < -0.4 is 4.74 Å². The fourth-order valence-electron chi connectivity index (χ4n) is 2.08. The molecule has 1 atom stereocenters. The fraction of sp³-hybridized carbons (Fsp3) is 0.250. The van der Waals surface area contributed by atoms with E-state index in [1.807, 2.05) is 12.1 Å². The molecule has 0 saturated carbocycles. The third-order valence-corrected chi connectivity index (χ3v) is 4.43. The number of ether oxygens (including phenoxy) is 1. The van der Waals surface area contributed by atoms with Gasteiger partial charge in [0, 0.05) is 12.1 Å². The number of hydrogen-bond acceptors (Lipinski definition) is 3. The molecule has 0 aliphatic rings. The van der Waals surface area contributed by atoms with Crippen LogP contribution in [0, 0.1) is 11.6 Å². The first-order chi connectivity index (χ1) is 10.7. The summed E-state index contributed by atoms with van der Waals surface area (Å²) in [5.74, 6) is -2.30. The Labute approximate surface area is 133 Å². The van der Waals surface area contributed by atoms with Crippen LogP contribution in [0.15, 0.2) is 41.3 Å². The Morgan fingerprint density at radius 1 is 1.09 bits per heavy atom. The zero-order chi connectivity index (χ0) is 17.2. The standard InChI is InChI=1S/C16H16F2O4S/c1-3-10(2)11-4-6-12(7-5-11)22-13-8-14(17)16(15(18)9-13)23(19,20)21/h4-10H,3H2,1-2H3,(H,19,20,21). The minimum Gasteiger partial charge on any atom is -0.457 e. The van der Waals surface area contributed by atoms with Crippen LogP contribution in [0.4, 0.5) is 8.78 Å². The molecule has 0 heterocycles. The molecule has 7 heteroatoms. The number of rotatable bonds is 5. The summed E-state index contributed by atoms with van der Waals surface area (Å²) < 4.78 is 63.3. The Balaban J connectivity index is 2.28. The second kappa shape index (κ2) is 6.64. The molecule has 1 unspecified atom stereocenters. The van der Waals surface area contributed by atoms with Crippen LogP contribution >= 0.6 is 0 Å². The van der Waals surface area contributed by atoms with Gasteiger partial charge in [-0.15, -0.1) is 0 Å². The lowest BCUT2D eigenvalue weighted by Gasteiger charge is -2.11. The Morgan fingerprint density at radius 3 is 2.04 bits per heavy atom. The number of hydrogen-bond donors (Lipinski definition) is 1. The smallest absolute Gasteiger partial charge is 0.300 e. The topological polar surface area (TPSA) is 63.6 Å². The molecule has 0 bridgehead atoms. The van der Waals surface area contributed by atoms with Gasteiger partial charge in [0.05, 0.1) is 0 Å². The van der Waals surface area contributed by atoms with E-state index in [0.29, 0.717) is 23.8 Å². The first kappa shape index (κ1) is 17.4. The normalized spacial score (nSPS) is 12.9. The van der Waals surface area contributed by atoms with Crippen LogP contribution in [0.2, 0.25) is 0 Å². The van der Waals surface area contributed by atoms with Crippen LogP contribution in [-0.2, 0) is 10.1 Å². The maximum atomic E-state index is 13.7. The van der Waals surface area contributed by atoms with Gasteiger partial charge in [-0.25, -0.2) is 8.78 Å². The Hall–Kier alpha value is -1.99. The predicted octanol–water partition coefficient (Wildman–Crippen LogP) is 4.52. The van der Waals surface area contributed by atoms with Crippen molar-refractivity contribution in [1.82, 2.24) is 0 Å². The summed E-state index contributed by atoms with van der Waals surface area (Å²) in [5, 5.41) is 0. The van der Waals surface area contributed by atoms with Gasteiger partial charge in [0.15, 0.2) is 16.5 Å². The number of benzene rings is 2. The van der Waals surface area contributed by atoms with E-state index in [4.69, 9.17) is 9.29 Å². The molecule has 0 fully saturated rings. The lowest BCUT2D eigenvalue weighted by molar-refractivity contribution is 0.440. The monoisotopic (exact) mass is 342 g/mol. The van der Waals surface area contributed by atoms with E-state index in [2.05, 4.69) is 13.8 Å². The number of halogens is 2. The highest BCUT2D eigenvalue weighted by Crippen LogP contribution is 2.29. The molecule has 23 heavy (non-hydrogen) atoms. The molecular weight excluding hydrogens is 326 g/mol. The molecule has 0 amide bonds. The first-order valence-corrected chi connectivity index (χ1v) is 8.40. The van der Waals surface area contributed by atoms with Crippen molar-refractivity contribution in [3.05, 3.63) is 53.6 Å². The molecule has 0 radical (unpaired) electrons. The molecule has 4 nitrogen and oxygen atoms in total. The van der Waals surface area contributed by atoms with E-state index < -0.39 is 26.6 Å². The van der Waals surface area contributed by atoms with Gasteiger partial charge in [-0.3, -0.25) is 4.55 Å². The van der Waals surface area contributed by atoms with Gasteiger partial charge in [-0.1, -0.05) is 26.0 Å². The summed E-state index contributed by atoms with van der Waals surface area (Å²) in [4.78, 5) is -1.39. The summed E-state index contributed by atoms with van der Waals surface area (Å²) in [7, 11) is -4.98. The molecule has 0 saturated heterocycles. The first-order valence-electron chi connectivity index (χ1n) is 6.96. The van der Waals surface area contributed by atoms with Gasteiger partial charge in [-0.2, -0.15) is 8.42 Å². The van der Waals surface area contributed by atoms with E-state index in [1.54, 1.807) is 12.1 Å². The largest absolute Gasteiger partial charge is 0.457 e. The van der Waals surface area contributed by atoms with Crippen molar-refractivity contribution in [3.8, 4) is 11.5 Å². The summed E-state index contributed by atoms with van der Waals surface area (Å²) in [5.41, 5.74) is 1.11. The molecule has 2 aromatic carbocycles. The highest BCUT2D eigenvalue weighted by Gasteiger charge is 2.23. The third-order valence-electron chi connectivity index (χ3n) is 3.53. The minimum absolute atomic E-state index is 0.205. The van der Waals surface area contributed by atoms with Crippen LogP contribution in [0.5, 0.6) is 11.5 Å². The van der Waals surface area contributed by atoms with E-state index in [-0.39, 0.29) is 5.75 Å². The van der Waals surface area contributed by atoms with Crippen molar-refractivity contribution in [2.24, 2.45) is 0 Å². The van der Waals surface area contributed by atoms with Crippen molar-refractivity contribution in [3.63, 3.8) is 0 Å². The van der Waals surface area contributed by atoms with Gasteiger partial charge in [-0.05, 0) is 30.0 Å². The van der Waals surface area contributed by atoms with Crippen molar-refractivity contribution in [1.29, 1.82) is 0 Å². The molecule has 2 rings (SSSR count). The average Bonchev–Trinajstić information content (AvgIpc) is 2.45. The summed E-state index contributed by atoms with van der Waals surface area (Å²) >= 11 is 0. The van der Waals surface area contributed by atoms with E-state index in [0.717, 1.165) is 12.0 Å². The second-order valence-corrected chi connectivity index (χ2v) is 6.53. The van der Waals surface area contributed by atoms with E-state index in [1.165, 1.54) is 0 Å². The van der Waals surface area contributed by atoms with Gasteiger partial charge in [0.1, 0.15) is 11.5 Å². The van der Waals surface area contributed by atoms with Gasteiger partial charge < -0.3 is 4.74 Å². The highest BCUT2D eigenvalue weighted by molar-refractivity contribution is 7.85. The molecule has 0 aliphatic heterocycles. The van der Waals surface area contributed by atoms with Crippen LogP contribution in [0.25, 0.3) is 0 Å². The highest BCUT2D eigenvalue weighted by atomic mass is 32.2. The quantitative estimate of drug-likeness (QED) is 0.812. The zero-order valence-corrected chi connectivity index (χ0v) is 13.4. The third kappa shape index (κ3) is 4.05. The molecule has 1 N–H and O–H groups in total. The molecule has 0 aliphatic carbocycles. The van der Waals surface area contributed by atoms with Crippen LogP contribution in [-0.4, -0.2) is 13.0 Å². The molecular formula is C16H16F2O4S.